The average Bonchev–Trinajstić information content (AvgIpc) is 2.27. The van der Waals surface area contributed by atoms with E-state index in [2.05, 4.69) is 5.16 Å². The molecule has 0 bridgehead atoms. The zero-order valence-corrected chi connectivity index (χ0v) is 9.17. The van der Waals surface area contributed by atoms with Crippen molar-refractivity contribution in [2.45, 2.75) is 40.2 Å². The Hall–Kier alpha value is -1.32. The van der Waals surface area contributed by atoms with E-state index in [1.54, 1.807) is 13.8 Å². The highest BCUT2D eigenvalue weighted by atomic mass is 16.6. The molecule has 14 heavy (non-hydrogen) atoms. The number of nitrogens with zero attached hydrogens (tertiary/aromatic N) is 1. The predicted octanol–water partition coefficient (Wildman–Crippen LogP) is 2.25. The van der Waals surface area contributed by atoms with Crippen molar-refractivity contribution in [2.24, 2.45) is 0 Å². The maximum absolute atomic E-state index is 11.6. The number of esters is 1. The molecule has 0 aliphatic carbocycles. The zero-order valence-electron chi connectivity index (χ0n) is 9.17. The Bertz CT molecular complexity index is 327. The van der Waals surface area contributed by atoms with Crippen LogP contribution < -0.4 is 0 Å². The van der Waals surface area contributed by atoms with Crippen molar-refractivity contribution in [3.63, 3.8) is 0 Å². The van der Waals surface area contributed by atoms with Crippen molar-refractivity contribution in [1.82, 2.24) is 5.16 Å². The second kappa shape index (κ2) is 3.44. The molecule has 1 rings (SSSR count). The van der Waals surface area contributed by atoms with Gasteiger partial charge in [-0.25, -0.2) is 4.79 Å². The number of hydrogen-bond donors (Lipinski definition) is 0. The minimum atomic E-state index is -0.493. The monoisotopic (exact) mass is 197 g/mol. The van der Waals surface area contributed by atoms with Gasteiger partial charge in [-0.2, -0.15) is 0 Å². The summed E-state index contributed by atoms with van der Waals surface area (Å²) in [5, 5.41) is 3.69. The first kappa shape index (κ1) is 10.8. The van der Waals surface area contributed by atoms with E-state index in [0.29, 0.717) is 17.0 Å². The molecule has 0 aromatic carbocycles. The van der Waals surface area contributed by atoms with Crippen LogP contribution in [-0.4, -0.2) is 16.7 Å². The third-order valence-electron chi connectivity index (χ3n) is 1.64. The quantitative estimate of drug-likeness (QED) is 0.648. The van der Waals surface area contributed by atoms with Crippen molar-refractivity contribution in [2.75, 3.05) is 0 Å². The van der Waals surface area contributed by atoms with Gasteiger partial charge in [-0.15, -0.1) is 0 Å². The van der Waals surface area contributed by atoms with E-state index in [9.17, 15) is 4.79 Å². The highest BCUT2D eigenvalue weighted by Crippen LogP contribution is 2.17. The van der Waals surface area contributed by atoms with Crippen LogP contribution in [0.25, 0.3) is 0 Å². The molecule has 1 heterocycles. The second-order valence-electron chi connectivity index (χ2n) is 4.20. The van der Waals surface area contributed by atoms with Crippen LogP contribution in [0.5, 0.6) is 0 Å². The van der Waals surface area contributed by atoms with Crippen molar-refractivity contribution >= 4 is 5.97 Å². The van der Waals surface area contributed by atoms with Gasteiger partial charge in [-0.1, -0.05) is 5.16 Å². The number of aromatic nitrogens is 1. The highest BCUT2D eigenvalue weighted by molar-refractivity contribution is 5.91. The number of carbonyl (C=O) groups excluding carboxylic acids is 1. The second-order valence-corrected chi connectivity index (χ2v) is 4.20. The minimum Gasteiger partial charge on any atom is -0.456 e. The van der Waals surface area contributed by atoms with Crippen molar-refractivity contribution in [3.8, 4) is 0 Å². The summed E-state index contributed by atoms with van der Waals surface area (Å²) in [5.41, 5.74) is 0.504. The lowest BCUT2D eigenvalue weighted by Crippen LogP contribution is -2.24. The van der Waals surface area contributed by atoms with E-state index >= 15 is 0 Å². The summed E-state index contributed by atoms with van der Waals surface area (Å²) >= 11 is 0. The molecule has 1 aromatic rings. The van der Waals surface area contributed by atoms with Crippen LogP contribution in [-0.2, 0) is 4.74 Å². The molecule has 0 fully saturated rings. The zero-order chi connectivity index (χ0) is 10.9. The highest BCUT2D eigenvalue weighted by Gasteiger charge is 2.23. The van der Waals surface area contributed by atoms with Crippen LogP contribution in [0.1, 0.15) is 42.6 Å². The van der Waals surface area contributed by atoms with E-state index in [1.165, 1.54) is 0 Å². The van der Waals surface area contributed by atoms with E-state index in [-0.39, 0.29) is 5.97 Å². The maximum Gasteiger partial charge on any atom is 0.344 e. The number of aryl methyl sites for hydroxylation is 2. The van der Waals surface area contributed by atoms with Gasteiger partial charge in [-0.05, 0) is 34.6 Å². The van der Waals surface area contributed by atoms with Crippen LogP contribution in [0.2, 0.25) is 0 Å². The molecule has 0 radical (unpaired) electrons. The third-order valence-corrected chi connectivity index (χ3v) is 1.64. The van der Waals surface area contributed by atoms with Crippen molar-refractivity contribution in [3.05, 3.63) is 17.0 Å². The molecule has 78 valence electrons. The SMILES string of the molecule is Cc1noc(C)c1C(=O)OC(C)(C)C. The van der Waals surface area contributed by atoms with E-state index < -0.39 is 5.60 Å². The molecule has 4 nitrogen and oxygen atoms in total. The number of carbonyl (C=O) groups is 1. The molecule has 0 amide bonds. The summed E-state index contributed by atoms with van der Waals surface area (Å²) in [7, 11) is 0. The first-order chi connectivity index (χ1) is 6.31. The van der Waals surface area contributed by atoms with Gasteiger partial charge in [0.25, 0.3) is 0 Å². The molecule has 0 spiro atoms. The fourth-order valence-electron chi connectivity index (χ4n) is 1.10. The Kier molecular flexibility index (Phi) is 2.64. The Morgan fingerprint density at radius 1 is 1.36 bits per heavy atom. The van der Waals surface area contributed by atoms with Gasteiger partial charge in [-0.3, -0.25) is 0 Å². The third kappa shape index (κ3) is 2.34. The Balaban J connectivity index is 2.90. The fourth-order valence-corrected chi connectivity index (χ4v) is 1.10. The van der Waals surface area contributed by atoms with Crippen LogP contribution in [0.3, 0.4) is 0 Å². The molecule has 0 aliphatic heterocycles. The van der Waals surface area contributed by atoms with Gasteiger partial charge >= 0.3 is 5.97 Å². The lowest BCUT2D eigenvalue weighted by atomic mass is 10.1. The molecule has 0 saturated heterocycles. The molecular formula is C10H15NO3. The smallest absolute Gasteiger partial charge is 0.344 e. The summed E-state index contributed by atoms with van der Waals surface area (Å²) in [6.45, 7) is 8.88. The van der Waals surface area contributed by atoms with Crippen molar-refractivity contribution in [1.29, 1.82) is 0 Å². The summed E-state index contributed by atoms with van der Waals surface area (Å²) in [6, 6.07) is 0. The van der Waals surface area contributed by atoms with Gasteiger partial charge in [0, 0.05) is 0 Å². The molecule has 0 aliphatic rings. The fraction of sp³-hybridized carbons (Fsp3) is 0.600. The largest absolute Gasteiger partial charge is 0.456 e. The lowest BCUT2D eigenvalue weighted by molar-refractivity contribution is 0.00672. The molecule has 1 aromatic heterocycles. The number of hydrogen-bond acceptors (Lipinski definition) is 4. The van der Waals surface area contributed by atoms with Crippen LogP contribution in [0.4, 0.5) is 0 Å². The first-order valence-corrected chi connectivity index (χ1v) is 4.47. The Morgan fingerprint density at radius 3 is 2.29 bits per heavy atom. The van der Waals surface area contributed by atoms with Gasteiger partial charge in [0.05, 0.1) is 5.69 Å². The van der Waals surface area contributed by atoms with Crippen LogP contribution in [0.15, 0.2) is 4.52 Å². The molecule has 0 unspecified atom stereocenters. The number of rotatable bonds is 1. The van der Waals surface area contributed by atoms with E-state index in [0.717, 1.165) is 0 Å². The molecular weight excluding hydrogens is 182 g/mol. The summed E-state index contributed by atoms with van der Waals surface area (Å²) in [6.07, 6.45) is 0. The van der Waals surface area contributed by atoms with Gasteiger partial charge in [0.1, 0.15) is 16.9 Å². The van der Waals surface area contributed by atoms with Gasteiger partial charge in [0.2, 0.25) is 0 Å². The molecule has 0 saturated carbocycles. The summed E-state index contributed by atoms with van der Waals surface area (Å²) in [4.78, 5) is 11.6. The topological polar surface area (TPSA) is 52.3 Å². The molecule has 0 atom stereocenters. The Morgan fingerprint density at radius 2 is 1.93 bits per heavy atom. The molecule has 0 N–H and O–H groups in total. The van der Waals surface area contributed by atoms with Crippen molar-refractivity contribution < 1.29 is 14.1 Å². The first-order valence-electron chi connectivity index (χ1n) is 4.47. The maximum atomic E-state index is 11.6. The van der Waals surface area contributed by atoms with Crippen LogP contribution in [0, 0.1) is 13.8 Å². The summed E-state index contributed by atoms with van der Waals surface area (Å²) < 4.78 is 10.1. The van der Waals surface area contributed by atoms with E-state index in [4.69, 9.17) is 9.26 Å². The van der Waals surface area contributed by atoms with E-state index in [1.807, 2.05) is 20.8 Å². The molecule has 4 heteroatoms. The van der Waals surface area contributed by atoms with Gasteiger partial charge in [0.15, 0.2) is 0 Å². The number of ether oxygens (including phenoxy) is 1. The predicted molar refractivity (Wildman–Crippen MR) is 51.1 cm³/mol. The lowest BCUT2D eigenvalue weighted by Gasteiger charge is -2.19. The van der Waals surface area contributed by atoms with Crippen LogP contribution >= 0.6 is 0 Å². The standard InChI is InChI=1S/C10H15NO3/c1-6-8(7(2)14-11-6)9(12)13-10(3,4)5/h1-5H3. The Labute approximate surface area is 83.2 Å². The minimum absolute atomic E-state index is 0.381. The summed E-state index contributed by atoms with van der Waals surface area (Å²) in [5.74, 6) is 0.116. The normalized spacial score (nSPS) is 11.5. The average molecular weight is 197 g/mol. The van der Waals surface area contributed by atoms with Gasteiger partial charge < -0.3 is 9.26 Å².